The van der Waals surface area contributed by atoms with Gasteiger partial charge in [-0.3, -0.25) is 19.2 Å². The fourth-order valence-corrected chi connectivity index (χ4v) is 6.77. The molecule has 7 rings (SSSR count). The molecule has 0 bridgehead atoms. The number of morpholine rings is 1. The molecule has 1 N–H and O–H groups in total. The van der Waals surface area contributed by atoms with Crippen LogP contribution in [0, 0.1) is 6.92 Å². The number of carbonyl (C=O) groups excluding carboxylic acids is 1. The van der Waals surface area contributed by atoms with Gasteiger partial charge in [0.1, 0.15) is 5.82 Å². The molecule has 43 heavy (non-hydrogen) atoms. The van der Waals surface area contributed by atoms with E-state index in [4.69, 9.17) is 9.47 Å². The third kappa shape index (κ3) is 5.41. The predicted octanol–water partition coefficient (Wildman–Crippen LogP) is 3.12. The van der Waals surface area contributed by atoms with Gasteiger partial charge in [0.2, 0.25) is 0 Å². The summed E-state index contributed by atoms with van der Waals surface area (Å²) in [4.78, 5) is 41.2. The number of hydrogen-bond donors (Lipinski definition) is 1. The normalized spacial score (nSPS) is 20.7. The van der Waals surface area contributed by atoms with Gasteiger partial charge < -0.3 is 24.3 Å². The zero-order valence-corrected chi connectivity index (χ0v) is 24.9. The lowest BCUT2D eigenvalue weighted by atomic mass is 10.0. The molecule has 6 heterocycles. The van der Waals surface area contributed by atoms with E-state index in [-0.39, 0.29) is 23.6 Å². The van der Waals surface area contributed by atoms with E-state index in [1.807, 2.05) is 34.8 Å². The fourth-order valence-electron chi connectivity index (χ4n) is 6.77. The number of anilines is 1. The van der Waals surface area contributed by atoms with Crippen LogP contribution in [0.25, 0.3) is 21.8 Å². The highest BCUT2D eigenvalue weighted by molar-refractivity contribution is 6.07. The van der Waals surface area contributed by atoms with Crippen molar-refractivity contribution in [1.82, 2.24) is 29.5 Å². The molecule has 3 fully saturated rings. The van der Waals surface area contributed by atoms with Crippen LogP contribution in [0.5, 0.6) is 0 Å². The number of carbonyl (C=O) groups is 1. The maximum absolute atomic E-state index is 14.0. The molecule has 0 radical (unpaired) electrons. The van der Waals surface area contributed by atoms with Gasteiger partial charge in [-0.1, -0.05) is 0 Å². The molecule has 4 aromatic rings. The Kier molecular flexibility index (Phi) is 7.62. The van der Waals surface area contributed by atoms with Crippen molar-refractivity contribution < 1.29 is 14.3 Å². The standard InChI is InChI=1S/C32H39N7O4/c1-21-15-28-26(30-27(31(40)35-28)18-34-39(30)24-4-11-42-12-5-24)17-25(21)32(41)38-8-7-37(22(2)19-38)20-23-3-6-33-29(16-23)36-9-13-43-14-10-36/h3,6,15-18,22,24H,4-5,7-14,19-20H2,1-2H3,(H,35,40)/t22-/m0/s1. The molecule has 0 unspecified atom stereocenters. The molecular formula is C32H39N7O4. The molecule has 1 amide bonds. The molecule has 1 atom stereocenters. The molecule has 3 saturated heterocycles. The summed E-state index contributed by atoms with van der Waals surface area (Å²) in [6, 6.07) is 8.53. The van der Waals surface area contributed by atoms with Crippen LogP contribution in [0.1, 0.15) is 47.3 Å². The first kappa shape index (κ1) is 28.0. The van der Waals surface area contributed by atoms with Crippen molar-refractivity contribution >= 4 is 33.5 Å². The number of nitrogens with zero attached hydrogens (tertiary/aromatic N) is 6. The van der Waals surface area contributed by atoms with Crippen LogP contribution in [-0.4, -0.2) is 101 Å². The SMILES string of the molecule is Cc1cc2[nH]c(=O)c3cnn(C4CCOCC4)c3c2cc1C(=O)N1CCN(Cc2ccnc(N3CCOCC3)c2)[C@@H](C)C1. The average Bonchev–Trinajstić information content (AvgIpc) is 3.49. The van der Waals surface area contributed by atoms with Crippen LogP contribution in [0.2, 0.25) is 0 Å². The number of aromatic amines is 1. The maximum atomic E-state index is 14.0. The molecule has 11 nitrogen and oxygen atoms in total. The molecule has 3 aliphatic rings. The van der Waals surface area contributed by atoms with E-state index >= 15 is 0 Å². The highest BCUT2D eigenvalue weighted by atomic mass is 16.5. The lowest BCUT2D eigenvalue weighted by Gasteiger charge is -2.40. The number of hydrogen-bond acceptors (Lipinski definition) is 8. The third-order valence-corrected chi connectivity index (χ3v) is 9.26. The quantitative estimate of drug-likeness (QED) is 0.381. The van der Waals surface area contributed by atoms with Gasteiger partial charge in [0, 0.05) is 75.7 Å². The lowest BCUT2D eigenvalue weighted by Crippen LogP contribution is -2.53. The van der Waals surface area contributed by atoms with Crippen molar-refractivity contribution in [1.29, 1.82) is 0 Å². The van der Waals surface area contributed by atoms with Gasteiger partial charge in [0.25, 0.3) is 11.5 Å². The van der Waals surface area contributed by atoms with Crippen molar-refractivity contribution in [3.8, 4) is 0 Å². The molecule has 3 aromatic heterocycles. The topological polar surface area (TPSA) is 109 Å². The number of amides is 1. The largest absolute Gasteiger partial charge is 0.381 e. The Morgan fingerprint density at radius 1 is 1.02 bits per heavy atom. The highest BCUT2D eigenvalue weighted by Crippen LogP contribution is 2.30. The molecular weight excluding hydrogens is 546 g/mol. The number of rotatable bonds is 5. The zero-order chi connectivity index (χ0) is 29.5. The second-order valence-electron chi connectivity index (χ2n) is 12.1. The minimum atomic E-state index is -0.157. The number of benzene rings is 1. The van der Waals surface area contributed by atoms with E-state index in [9.17, 15) is 9.59 Å². The van der Waals surface area contributed by atoms with Crippen LogP contribution in [-0.2, 0) is 16.0 Å². The second kappa shape index (κ2) is 11.7. The molecule has 226 valence electrons. The van der Waals surface area contributed by atoms with Crippen molar-refractivity contribution in [2.75, 3.05) is 64.1 Å². The van der Waals surface area contributed by atoms with E-state index in [0.717, 1.165) is 80.0 Å². The Labute approximate surface area is 250 Å². The summed E-state index contributed by atoms with van der Waals surface area (Å²) < 4.78 is 13.0. The van der Waals surface area contributed by atoms with Crippen LogP contribution < -0.4 is 10.5 Å². The fraction of sp³-hybridized carbons (Fsp3) is 0.500. The summed E-state index contributed by atoms with van der Waals surface area (Å²) in [5, 5.41) is 6.04. The van der Waals surface area contributed by atoms with Crippen molar-refractivity contribution in [2.45, 2.75) is 45.3 Å². The van der Waals surface area contributed by atoms with Crippen LogP contribution in [0.4, 0.5) is 5.82 Å². The van der Waals surface area contributed by atoms with Crippen LogP contribution in [0.15, 0.2) is 41.5 Å². The average molecular weight is 586 g/mol. The number of piperazine rings is 1. The first-order valence-corrected chi connectivity index (χ1v) is 15.4. The van der Waals surface area contributed by atoms with E-state index in [0.29, 0.717) is 37.3 Å². The Bertz CT molecular complexity index is 1700. The Morgan fingerprint density at radius 3 is 2.60 bits per heavy atom. The van der Waals surface area contributed by atoms with Gasteiger partial charge in [0.15, 0.2) is 0 Å². The monoisotopic (exact) mass is 585 g/mol. The molecule has 0 saturated carbocycles. The van der Waals surface area contributed by atoms with Gasteiger partial charge in [-0.2, -0.15) is 5.10 Å². The minimum Gasteiger partial charge on any atom is -0.381 e. The van der Waals surface area contributed by atoms with E-state index < -0.39 is 0 Å². The number of ether oxygens (including phenoxy) is 2. The molecule has 1 aromatic carbocycles. The Morgan fingerprint density at radius 2 is 1.81 bits per heavy atom. The van der Waals surface area contributed by atoms with Crippen LogP contribution in [0.3, 0.4) is 0 Å². The molecule has 0 spiro atoms. The first-order valence-electron chi connectivity index (χ1n) is 15.4. The van der Waals surface area contributed by atoms with Gasteiger partial charge >= 0.3 is 0 Å². The van der Waals surface area contributed by atoms with Gasteiger partial charge in [-0.15, -0.1) is 0 Å². The van der Waals surface area contributed by atoms with Crippen molar-refractivity contribution in [3.05, 3.63) is 63.7 Å². The number of fused-ring (bicyclic) bond motifs is 3. The summed E-state index contributed by atoms with van der Waals surface area (Å²) >= 11 is 0. The van der Waals surface area contributed by atoms with E-state index in [1.165, 1.54) is 5.56 Å². The van der Waals surface area contributed by atoms with Crippen molar-refractivity contribution in [3.63, 3.8) is 0 Å². The number of H-pyrrole nitrogens is 1. The highest BCUT2D eigenvalue weighted by Gasteiger charge is 2.29. The first-order chi connectivity index (χ1) is 21.0. The number of pyridine rings is 2. The third-order valence-electron chi connectivity index (χ3n) is 9.26. The summed E-state index contributed by atoms with van der Waals surface area (Å²) in [6.07, 6.45) is 5.24. The van der Waals surface area contributed by atoms with Crippen molar-refractivity contribution in [2.24, 2.45) is 0 Å². The van der Waals surface area contributed by atoms with E-state index in [1.54, 1.807) is 6.20 Å². The maximum Gasteiger partial charge on any atom is 0.259 e. The zero-order valence-electron chi connectivity index (χ0n) is 24.9. The summed E-state index contributed by atoms with van der Waals surface area (Å²) in [6.45, 7) is 11.6. The summed E-state index contributed by atoms with van der Waals surface area (Å²) in [5.41, 5.74) is 4.12. The lowest BCUT2D eigenvalue weighted by molar-refractivity contribution is 0.0494. The Balaban J connectivity index is 1.11. The van der Waals surface area contributed by atoms with Gasteiger partial charge in [-0.25, -0.2) is 4.98 Å². The Hall–Kier alpha value is -3.80. The van der Waals surface area contributed by atoms with Gasteiger partial charge in [0.05, 0.1) is 41.9 Å². The smallest absolute Gasteiger partial charge is 0.259 e. The predicted molar refractivity (Wildman–Crippen MR) is 165 cm³/mol. The molecule has 3 aliphatic heterocycles. The van der Waals surface area contributed by atoms with Crippen LogP contribution >= 0.6 is 0 Å². The summed E-state index contributed by atoms with van der Waals surface area (Å²) in [5.74, 6) is 1.03. The van der Waals surface area contributed by atoms with E-state index in [2.05, 4.69) is 43.9 Å². The number of nitrogens with one attached hydrogen (secondary N) is 1. The van der Waals surface area contributed by atoms with Gasteiger partial charge in [-0.05, 0) is 62.1 Å². The second-order valence-corrected chi connectivity index (χ2v) is 12.1. The number of aromatic nitrogens is 4. The molecule has 11 heteroatoms. The summed E-state index contributed by atoms with van der Waals surface area (Å²) in [7, 11) is 0. The number of aryl methyl sites for hydroxylation is 1. The minimum absolute atomic E-state index is 0.0286. The molecule has 0 aliphatic carbocycles.